The minimum Gasteiger partial charge on any atom is -0.479 e. The van der Waals surface area contributed by atoms with Crippen LogP contribution in [0.25, 0.3) is 0 Å². The van der Waals surface area contributed by atoms with E-state index >= 15 is 0 Å². The maximum absolute atomic E-state index is 10.1. The first kappa shape index (κ1) is 31.0. The monoisotopic (exact) mass is 416 g/mol. The minimum atomic E-state index is -2.20. The van der Waals surface area contributed by atoms with Gasteiger partial charge in [-0.1, -0.05) is 0 Å². The zero-order valence-electron chi connectivity index (χ0n) is 13.9. The number of aliphatic carboxylic acids is 2. The summed E-state index contributed by atoms with van der Waals surface area (Å²) in [6.07, 6.45) is -15.7. The number of carboxylic acid groups (broad SMARTS) is 2. The molecule has 0 unspecified atom stereocenters. The van der Waals surface area contributed by atoms with Crippen molar-refractivity contribution in [2.45, 2.75) is 48.8 Å². The summed E-state index contributed by atoms with van der Waals surface area (Å²) in [4.78, 5) is 20.2. The van der Waals surface area contributed by atoms with Crippen LogP contribution in [0.5, 0.6) is 0 Å². The Hall–Kier alpha value is -0.694. The van der Waals surface area contributed by atoms with Crippen molar-refractivity contribution in [2.75, 3.05) is 13.2 Å². The molecule has 0 amide bonds. The van der Waals surface area contributed by atoms with Gasteiger partial charge in [0, 0.05) is 23.1 Å². The number of aliphatic hydroxyl groups is 10. The summed E-state index contributed by atoms with van der Waals surface area (Å²) in [6.45, 7) is -1.69. The molecular weight excluding hydrogens is 392 g/mol. The zero-order valence-corrected chi connectivity index (χ0v) is 15.3. The van der Waals surface area contributed by atoms with E-state index in [2.05, 4.69) is 0 Å². The predicted octanol–water partition coefficient (Wildman–Crippen LogP) is -7.37. The maximum Gasteiger partial charge on any atom is 0.335 e. The smallest absolute Gasteiger partial charge is 0.335 e. The molecule has 27 heavy (non-hydrogen) atoms. The molecule has 0 aliphatic carbocycles. The number of hydrogen-bond donors (Lipinski definition) is 12. The van der Waals surface area contributed by atoms with Crippen molar-refractivity contribution >= 4 is 35.0 Å². The molecule has 0 bridgehead atoms. The summed E-state index contributed by atoms with van der Waals surface area (Å²) >= 11 is 0. The average Bonchev–Trinajstić information content (AvgIpc) is 2.62. The molecule has 0 aromatic rings. The van der Waals surface area contributed by atoms with Gasteiger partial charge >= 0.3 is 11.9 Å². The highest BCUT2D eigenvalue weighted by Crippen LogP contribution is 2.05. The molecular formula is C12H24MgO14. The van der Waals surface area contributed by atoms with Gasteiger partial charge < -0.3 is 61.3 Å². The lowest BCUT2D eigenvalue weighted by Crippen LogP contribution is -2.48. The molecule has 0 rings (SSSR count). The highest BCUT2D eigenvalue weighted by atomic mass is 24.3. The fraction of sp³-hybridized carbons (Fsp3) is 0.833. The molecule has 2 radical (unpaired) electrons. The van der Waals surface area contributed by atoms with E-state index in [0.29, 0.717) is 0 Å². The number of rotatable bonds is 10. The Morgan fingerprint density at radius 3 is 0.926 bits per heavy atom. The van der Waals surface area contributed by atoms with E-state index in [9.17, 15) is 9.59 Å². The van der Waals surface area contributed by atoms with Gasteiger partial charge in [-0.05, 0) is 0 Å². The second-order valence-corrected chi connectivity index (χ2v) is 5.03. The Bertz CT molecular complexity index is 385. The summed E-state index contributed by atoms with van der Waals surface area (Å²) < 4.78 is 0. The normalized spacial score (nSPS) is 19.6. The van der Waals surface area contributed by atoms with Crippen LogP contribution >= 0.6 is 0 Å². The summed E-state index contributed by atoms with van der Waals surface area (Å²) in [6, 6.07) is 0. The van der Waals surface area contributed by atoms with Crippen molar-refractivity contribution in [1.82, 2.24) is 0 Å². The first-order valence-corrected chi connectivity index (χ1v) is 6.95. The van der Waals surface area contributed by atoms with E-state index in [4.69, 9.17) is 61.3 Å². The van der Waals surface area contributed by atoms with Crippen LogP contribution in [-0.2, 0) is 9.59 Å². The quantitative estimate of drug-likeness (QED) is 0.147. The lowest BCUT2D eigenvalue weighted by atomic mass is 10.0. The Labute approximate surface area is 168 Å². The summed E-state index contributed by atoms with van der Waals surface area (Å²) in [5, 5.41) is 104. The molecule has 8 atom stereocenters. The molecule has 0 aromatic carbocycles. The second-order valence-electron chi connectivity index (χ2n) is 5.03. The molecule has 0 aromatic heterocycles. The average molecular weight is 417 g/mol. The molecule has 0 saturated heterocycles. The third kappa shape index (κ3) is 11.0. The number of hydrogen-bond acceptors (Lipinski definition) is 12. The van der Waals surface area contributed by atoms with E-state index < -0.39 is 74.0 Å². The van der Waals surface area contributed by atoms with Crippen molar-refractivity contribution in [2.24, 2.45) is 0 Å². The second kappa shape index (κ2) is 15.3. The largest absolute Gasteiger partial charge is 0.479 e. The van der Waals surface area contributed by atoms with Crippen molar-refractivity contribution in [1.29, 1.82) is 0 Å². The molecule has 0 aliphatic heterocycles. The van der Waals surface area contributed by atoms with Crippen LogP contribution in [0.1, 0.15) is 0 Å². The molecule has 0 aliphatic rings. The van der Waals surface area contributed by atoms with E-state index in [1.807, 2.05) is 0 Å². The van der Waals surface area contributed by atoms with Gasteiger partial charge in [-0.25, -0.2) is 9.59 Å². The van der Waals surface area contributed by atoms with Gasteiger partial charge in [0.05, 0.1) is 13.2 Å². The Kier molecular flexibility index (Phi) is 17.5. The molecule has 12 N–H and O–H groups in total. The standard InChI is InChI=1S/2C6H12O7.Mg/c2*7-1-2(8)3(9)4(10)5(11)6(12)13;/h2*2-5,7-11H,1H2,(H,12,13);/t2*2-,3-,4+,5-;/m11./s1. The third-order valence-corrected chi connectivity index (χ3v) is 3.02. The Morgan fingerprint density at radius 2 is 0.778 bits per heavy atom. The van der Waals surface area contributed by atoms with E-state index in [0.717, 1.165) is 0 Å². The van der Waals surface area contributed by atoms with Crippen LogP contribution in [0.3, 0.4) is 0 Å². The van der Waals surface area contributed by atoms with Gasteiger partial charge in [-0.15, -0.1) is 0 Å². The zero-order chi connectivity index (χ0) is 21.2. The Morgan fingerprint density at radius 1 is 0.556 bits per heavy atom. The molecule has 14 nitrogen and oxygen atoms in total. The highest BCUT2D eigenvalue weighted by molar-refractivity contribution is 5.75. The van der Waals surface area contributed by atoms with Crippen LogP contribution in [0.2, 0.25) is 0 Å². The van der Waals surface area contributed by atoms with Crippen LogP contribution in [0, 0.1) is 0 Å². The van der Waals surface area contributed by atoms with Gasteiger partial charge in [0.15, 0.2) is 12.2 Å². The van der Waals surface area contributed by atoms with Crippen molar-refractivity contribution in [3.05, 3.63) is 0 Å². The van der Waals surface area contributed by atoms with Crippen LogP contribution in [0.4, 0.5) is 0 Å². The third-order valence-electron chi connectivity index (χ3n) is 3.02. The van der Waals surface area contributed by atoms with Gasteiger partial charge in [0.1, 0.15) is 36.6 Å². The van der Waals surface area contributed by atoms with Crippen molar-refractivity contribution in [3.8, 4) is 0 Å². The topological polar surface area (TPSA) is 277 Å². The van der Waals surface area contributed by atoms with E-state index in [1.165, 1.54) is 0 Å². The summed E-state index contributed by atoms with van der Waals surface area (Å²) in [7, 11) is 0. The van der Waals surface area contributed by atoms with Gasteiger partial charge in [0.2, 0.25) is 0 Å². The van der Waals surface area contributed by atoms with Gasteiger partial charge in [0.25, 0.3) is 0 Å². The summed E-state index contributed by atoms with van der Waals surface area (Å²) in [5.74, 6) is -3.45. The van der Waals surface area contributed by atoms with Crippen molar-refractivity contribution < 1.29 is 70.9 Å². The molecule has 15 heteroatoms. The molecule has 0 heterocycles. The maximum atomic E-state index is 10.1. The number of carboxylic acids is 2. The number of aliphatic hydroxyl groups excluding tert-OH is 10. The highest BCUT2D eigenvalue weighted by Gasteiger charge is 2.34. The first-order chi connectivity index (χ1) is 11.8. The van der Waals surface area contributed by atoms with Crippen LogP contribution in [0.15, 0.2) is 0 Å². The minimum absolute atomic E-state index is 0. The fourth-order valence-electron chi connectivity index (χ4n) is 1.34. The van der Waals surface area contributed by atoms with Gasteiger partial charge in [-0.3, -0.25) is 0 Å². The number of carbonyl (C=O) groups is 2. The lowest BCUT2D eigenvalue weighted by molar-refractivity contribution is -0.164. The summed E-state index contributed by atoms with van der Waals surface area (Å²) in [5.41, 5.74) is 0. The predicted molar refractivity (Wildman–Crippen MR) is 83.3 cm³/mol. The Balaban J connectivity index is -0.000000411. The fourth-order valence-corrected chi connectivity index (χ4v) is 1.34. The molecule has 0 fully saturated rings. The lowest BCUT2D eigenvalue weighted by Gasteiger charge is -2.23. The molecule has 0 spiro atoms. The SMILES string of the molecule is O=C(O)[C@H](O)[C@@H](O)[C@H](O)[C@H](O)CO.O=C(O)[C@H](O)[C@@H](O)[C@H](O)[C@H](O)CO.[Mg]. The van der Waals surface area contributed by atoms with E-state index in [-0.39, 0.29) is 23.1 Å². The van der Waals surface area contributed by atoms with Gasteiger partial charge in [-0.2, -0.15) is 0 Å². The van der Waals surface area contributed by atoms with Crippen LogP contribution in [-0.4, -0.2) is 158 Å². The molecule has 0 saturated carbocycles. The molecule has 158 valence electrons. The van der Waals surface area contributed by atoms with E-state index in [1.54, 1.807) is 0 Å². The first-order valence-electron chi connectivity index (χ1n) is 6.95. The van der Waals surface area contributed by atoms with Crippen molar-refractivity contribution in [3.63, 3.8) is 0 Å². The van der Waals surface area contributed by atoms with Crippen LogP contribution < -0.4 is 0 Å².